The maximum atomic E-state index is 4.37. The molecular formula is C12H21Br2N3. The first-order valence-electron chi connectivity index (χ1n) is 6.11. The lowest BCUT2D eigenvalue weighted by Gasteiger charge is -2.05. The maximum absolute atomic E-state index is 4.37. The van der Waals surface area contributed by atoms with Crippen molar-refractivity contribution >= 4 is 31.9 Å². The number of nitrogens with zero attached hydrogens (tertiary/aromatic N) is 2. The van der Waals surface area contributed by atoms with Crippen LogP contribution in [0.2, 0.25) is 0 Å². The van der Waals surface area contributed by atoms with Crippen LogP contribution >= 0.6 is 31.9 Å². The first-order chi connectivity index (χ1) is 8.16. The van der Waals surface area contributed by atoms with E-state index < -0.39 is 0 Å². The summed E-state index contributed by atoms with van der Waals surface area (Å²) >= 11 is 7.03. The fraction of sp³-hybridized carbons (Fsp3) is 0.750. The molecule has 0 saturated carbocycles. The summed E-state index contributed by atoms with van der Waals surface area (Å²) in [6.45, 7) is 3.99. The molecule has 0 amide bonds. The molecule has 0 spiro atoms. The molecule has 1 aromatic rings. The lowest BCUT2D eigenvalue weighted by atomic mass is 10.2. The summed E-state index contributed by atoms with van der Waals surface area (Å²) in [5.74, 6) is 0. The number of aromatic nitrogens is 2. The molecule has 0 aliphatic rings. The van der Waals surface area contributed by atoms with E-state index in [9.17, 15) is 0 Å². The SMILES string of the molecule is Cc1nn(C)c(CNCCCCCCBr)c1Br. The van der Waals surface area contributed by atoms with Gasteiger partial charge in [0.25, 0.3) is 0 Å². The van der Waals surface area contributed by atoms with E-state index in [1.54, 1.807) is 0 Å². The monoisotopic (exact) mass is 365 g/mol. The number of rotatable bonds is 8. The predicted octanol–water partition coefficient (Wildman–Crippen LogP) is 3.54. The Balaban J connectivity index is 2.18. The zero-order valence-electron chi connectivity index (χ0n) is 10.6. The molecule has 3 nitrogen and oxygen atoms in total. The fourth-order valence-electron chi connectivity index (χ4n) is 1.78. The molecule has 0 fully saturated rings. The molecule has 98 valence electrons. The minimum atomic E-state index is 0.885. The Morgan fingerprint density at radius 1 is 1.24 bits per heavy atom. The van der Waals surface area contributed by atoms with Gasteiger partial charge in [-0.15, -0.1) is 0 Å². The average Bonchev–Trinajstić information content (AvgIpc) is 2.54. The van der Waals surface area contributed by atoms with Gasteiger partial charge in [0, 0.05) is 18.9 Å². The van der Waals surface area contributed by atoms with Crippen molar-refractivity contribution < 1.29 is 0 Å². The van der Waals surface area contributed by atoms with Gasteiger partial charge < -0.3 is 5.32 Å². The van der Waals surface area contributed by atoms with Crippen molar-refractivity contribution in [3.05, 3.63) is 15.9 Å². The molecule has 0 aromatic carbocycles. The van der Waals surface area contributed by atoms with Crippen molar-refractivity contribution in [3.8, 4) is 0 Å². The Labute approximate surface area is 121 Å². The van der Waals surface area contributed by atoms with E-state index in [0.717, 1.165) is 28.6 Å². The van der Waals surface area contributed by atoms with Crippen LogP contribution < -0.4 is 5.32 Å². The van der Waals surface area contributed by atoms with Gasteiger partial charge in [-0.1, -0.05) is 28.8 Å². The van der Waals surface area contributed by atoms with Crippen molar-refractivity contribution in [2.24, 2.45) is 7.05 Å². The number of nitrogens with one attached hydrogen (secondary N) is 1. The smallest absolute Gasteiger partial charge is 0.0739 e. The largest absolute Gasteiger partial charge is 0.311 e. The summed E-state index contributed by atoms with van der Waals surface area (Å²) in [6.07, 6.45) is 5.17. The molecule has 0 saturated heterocycles. The van der Waals surface area contributed by atoms with Crippen LogP contribution in [0.1, 0.15) is 37.1 Å². The van der Waals surface area contributed by atoms with Crippen LogP contribution in [0, 0.1) is 6.92 Å². The summed E-state index contributed by atoms with van der Waals surface area (Å²) < 4.78 is 3.07. The summed E-state index contributed by atoms with van der Waals surface area (Å²) in [6, 6.07) is 0. The van der Waals surface area contributed by atoms with Gasteiger partial charge in [0.2, 0.25) is 0 Å². The molecule has 17 heavy (non-hydrogen) atoms. The van der Waals surface area contributed by atoms with E-state index in [1.807, 2.05) is 18.7 Å². The Kier molecular flexibility index (Phi) is 7.39. The van der Waals surface area contributed by atoms with Crippen LogP contribution in [0.3, 0.4) is 0 Å². The molecule has 0 aliphatic heterocycles. The number of aryl methyl sites for hydroxylation is 2. The molecule has 0 radical (unpaired) electrons. The number of halogens is 2. The number of unbranched alkanes of at least 4 members (excludes halogenated alkanes) is 3. The predicted molar refractivity (Wildman–Crippen MR) is 79.6 cm³/mol. The lowest BCUT2D eigenvalue weighted by molar-refractivity contribution is 0.577. The summed E-state index contributed by atoms with van der Waals surface area (Å²) in [5, 5.41) is 8.97. The summed E-state index contributed by atoms with van der Waals surface area (Å²) in [4.78, 5) is 0. The van der Waals surface area contributed by atoms with Gasteiger partial charge in [-0.05, 0) is 42.2 Å². The first-order valence-corrected chi connectivity index (χ1v) is 8.03. The van der Waals surface area contributed by atoms with E-state index in [-0.39, 0.29) is 0 Å². The maximum Gasteiger partial charge on any atom is 0.0739 e. The molecular weight excluding hydrogens is 346 g/mol. The van der Waals surface area contributed by atoms with Gasteiger partial charge in [-0.2, -0.15) is 5.10 Å². The van der Waals surface area contributed by atoms with Gasteiger partial charge in [-0.3, -0.25) is 4.68 Å². The third kappa shape index (κ3) is 5.10. The molecule has 0 bridgehead atoms. The summed E-state index contributed by atoms with van der Waals surface area (Å²) in [5.41, 5.74) is 2.28. The third-order valence-corrected chi connectivity index (χ3v) is 4.38. The van der Waals surface area contributed by atoms with Gasteiger partial charge in [0.05, 0.1) is 15.9 Å². The topological polar surface area (TPSA) is 29.9 Å². The van der Waals surface area contributed by atoms with Crippen LogP contribution in [0.4, 0.5) is 0 Å². The average molecular weight is 367 g/mol. The second-order valence-corrected chi connectivity index (χ2v) is 5.84. The van der Waals surface area contributed by atoms with E-state index in [4.69, 9.17) is 0 Å². The van der Waals surface area contributed by atoms with E-state index in [2.05, 4.69) is 42.3 Å². The van der Waals surface area contributed by atoms with Crippen LogP contribution in [-0.4, -0.2) is 21.7 Å². The summed E-state index contributed by atoms with van der Waals surface area (Å²) in [7, 11) is 1.99. The second-order valence-electron chi connectivity index (χ2n) is 4.25. The molecule has 5 heteroatoms. The molecule has 1 aromatic heterocycles. The second kappa shape index (κ2) is 8.27. The van der Waals surface area contributed by atoms with Crippen molar-refractivity contribution in [2.75, 3.05) is 11.9 Å². The van der Waals surface area contributed by atoms with Gasteiger partial charge in [-0.25, -0.2) is 0 Å². The van der Waals surface area contributed by atoms with Crippen LogP contribution in [0.25, 0.3) is 0 Å². The number of hydrogen-bond donors (Lipinski definition) is 1. The zero-order chi connectivity index (χ0) is 12.7. The number of hydrogen-bond acceptors (Lipinski definition) is 2. The molecule has 0 unspecified atom stereocenters. The van der Waals surface area contributed by atoms with E-state index in [0.29, 0.717) is 0 Å². The van der Waals surface area contributed by atoms with E-state index in [1.165, 1.54) is 31.4 Å². The zero-order valence-corrected chi connectivity index (χ0v) is 13.8. The normalized spacial score (nSPS) is 11.1. The minimum absolute atomic E-state index is 0.885. The molecule has 0 atom stereocenters. The molecule has 0 aliphatic carbocycles. The highest BCUT2D eigenvalue weighted by Crippen LogP contribution is 2.19. The number of alkyl halides is 1. The van der Waals surface area contributed by atoms with Gasteiger partial charge in [0.15, 0.2) is 0 Å². The van der Waals surface area contributed by atoms with Gasteiger partial charge >= 0.3 is 0 Å². The van der Waals surface area contributed by atoms with Crippen molar-refractivity contribution in [3.63, 3.8) is 0 Å². The standard InChI is InChI=1S/C12H21Br2N3/c1-10-12(14)11(17(2)16-10)9-15-8-6-4-3-5-7-13/h15H,3-9H2,1-2H3. The van der Waals surface area contributed by atoms with Crippen molar-refractivity contribution in [1.82, 2.24) is 15.1 Å². The van der Waals surface area contributed by atoms with Crippen molar-refractivity contribution in [1.29, 1.82) is 0 Å². The van der Waals surface area contributed by atoms with Gasteiger partial charge in [0.1, 0.15) is 0 Å². The molecule has 1 heterocycles. The third-order valence-electron chi connectivity index (χ3n) is 2.79. The molecule has 1 N–H and O–H groups in total. The van der Waals surface area contributed by atoms with Crippen molar-refractivity contribution in [2.45, 2.75) is 39.2 Å². The Morgan fingerprint density at radius 2 is 1.94 bits per heavy atom. The Morgan fingerprint density at radius 3 is 2.53 bits per heavy atom. The Hall–Kier alpha value is 0.130. The lowest BCUT2D eigenvalue weighted by Crippen LogP contribution is -2.17. The highest BCUT2D eigenvalue weighted by atomic mass is 79.9. The van der Waals surface area contributed by atoms with E-state index >= 15 is 0 Å². The molecule has 1 rings (SSSR count). The highest BCUT2D eigenvalue weighted by Gasteiger charge is 2.09. The van der Waals surface area contributed by atoms with Crippen LogP contribution in [0.5, 0.6) is 0 Å². The first kappa shape index (κ1) is 15.2. The fourth-order valence-corrected chi connectivity index (χ4v) is 2.65. The minimum Gasteiger partial charge on any atom is -0.311 e. The Bertz CT molecular complexity index is 337. The van der Waals surface area contributed by atoms with Crippen LogP contribution in [-0.2, 0) is 13.6 Å². The highest BCUT2D eigenvalue weighted by molar-refractivity contribution is 9.10. The quantitative estimate of drug-likeness (QED) is 0.563. The van der Waals surface area contributed by atoms with Crippen LogP contribution in [0.15, 0.2) is 4.47 Å².